The summed E-state index contributed by atoms with van der Waals surface area (Å²) in [5.74, 6) is 1.80. The largest absolute Gasteiger partial charge is 0.504 e. The van der Waals surface area contributed by atoms with Crippen LogP contribution in [0.15, 0.2) is 47.6 Å². The highest BCUT2D eigenvalue weighted by Crippen LogP contribution is 2.26. The van der Waals surface area contributed by atoms with Crippen LogP contribution >= 0.6 is 12.2 Å². The van der Waals surface area contributed by atoms with Gasteiger partial charge in [0.05, 0.1) is 18.9 Å². The first-order valence-corrected chi connectivity index (χ1v) is 9.33. The quantitative estimate of drug-likeness (QED) is 0.419. The zero-order chi connectivity index (χ0) is 20.1. The van der Waals surface area contributed by atoms with Gasteiger partial charge in [0.1, 0.15) is 5.75 Å². The fourth-order valence-corrected chi connectivity index (χ4v) is 2.75. The average molecular weight is 415 g/mol. The van der Waals surface area contributed by atoms with Crippen LogP contribution in [0.2, 0.25) is 0 Å². The maximum atomic E-state index is 9.83. The van der Waals surface area contributed by atoms with E-state index in [0.717, 1.165) is 16.9 Å². The van der Waals surface area contributed by atoms with E-state index in [2.05, 4.69) is 15.3 Å². The van der Waals surface area contributed by atoms with Gasteiger partial charge in [-0.1, -0.05) is 19.6 Å². The Morgan fingerprint density at radius 3 is 2.79 bits per heavy atom. The van der Waals surface area contributed by atoms with Crippen LogP contribution in [0.1, 0.15) is 33.8 Å². The lowest BCUT2D eigenvalue weighted by atomic mass is 10.2. The van der Waals surface area contributed by atoms with E-state index in [1.54, 1.807) is 24.4 Å². The van der Waals surface area contributed by atoms with Crippen LogP contribution in [-0.4, -0.2) is 38.9 Å². The van der Waals surface area contributed by atoms with Gasteiger partial charge < -0.3 is 14.6 Å². The fraction of sp³-hybridized carbons (Fsp3) is 0.286. The molecular weight excluding hydrogens is 388 g/mol. The number of aromatic amines is 1. The summed E-state index contributed by atoms with van der Waals surface area (Å²) in [6.07, 6.45) is 1.70. The predicted molar refractivity (Wildman–Crippen MR) is 118 cm³/mol. The van der Waals surface area contributed by atoms with Gasteiger partial charge in [-0.15, -0.1) is 0 Å². The highest BCUT2D eigenvalue weighted by Gasteiger charge is 2.10. The van der Waals surface area contributed by atoms with Gasteiger partial charge in [-0.25, -0.2) is 5.10 Å². The molecule has 0 bridgehead atoms. The summed E-state index contributed by atoms with van der Waals surface area (Å²) in [4.78, 5) is 0. The monoisotopic (exact) mass is 414 g/mol. The van der Waals surface area contributed by atoms with Crippen molar-refractivity contribution in [2.75, 3.05) is 6.61 Å². The first-order valence-electron chi connectivity index (χ1n) is 8.92. The molecule has 0 amide bonds. The molecule has 8 heteroatoms. The number of hydrogen-bond acceptors (Lipinski definition) is 6. The van der Waals surface area contributed by atoms with Crippen LogP contribution in [0, 0.1) is 4.77 Å². The van der Waals surface area contributed by atoms with E-state index in [-0.39, 0.29) is 19.3 Å². The molecule has 0 aliphatic carbocycles. The Morgan fingerprint density at radius 1 is 1.28 bits per heavy atom. The smallest absolute Gasteiger partial charge is 0.216 e. The van der Waals surface area contributed by atoms with E-state index in [4.69, 9.17) is 21.7 Å². The van der Waals surface area contributed by atoms with Gasteiger partial charge in [0.2, 0.25) is 4.77 Å². The van der Waals surface area contributed by atoms with Crippen molar-refractivity contribution in [2.45, 2.75) is 34.3 Å². The lowest BCUT2D eigenvalue weighted by Crippen LogP contribution is -2.05. The van der Waals surface area contributed by atoms with Crippen molar-refractivity contribution in [3.63, 3.8) is 0 Å². The van der Waals surface area contributed by atoms with E-state index in [1.807, 2.05) is 45.0 Å². The van der Waals surface area contributed by atoms with Gasteiger partial charge >= 0.3 is 0 Å². The third kappa shape index (κ3) is 5.45. The normalized spacial score (nSPS) is 10.9. The van der Waals surface area contributed by atoms with Crippen molar-refractivity contribution in [3.8, 4) is 28.6 Å². The minimum Gasteiger partial charge on any atom is -0.504 e. The van der Waals surface area contributed by atoms with E-state index in [0.29, 0.717) is 23.0 Å². The molecule has 0 aliphatic rings. The zero-order valence-electron chi connectivity index (χ0n) is 15.9. The maximum absolute atomic E-state index is 9.83. The predicted octanol–water partition coefficient (Wildman–Crippen LogP) is 5.02. The molecule has 154 valence electrons. The van der Waals surface area contributed by atoms with Crippen LogP contribution in [0.3, 0.4) is 0 Å². The van der Waals surface area contributed by atoms with Crippen molar-refractivity contribution in [1.82, 2.24) is 14.9 Å². The number of aromatic nitrogens is 3. The van der Waals surface area contributed by atoms with Gasteiger partial charge in [-0.3, -0.25) is 0 Å². The second-order valence-corrected chi connectivity index (χ2v) is 6.65. The Hall–Kier alpha value is -3.13. The third-order valence-corrected chi connectivity index (χ3v) is 3.98. The summed E-state index contributed by atoms with van der Waals surface area (Å²) >= 11 is 5.31. The number of phenols is 1. The van der Waals surface area contributed by atoms with Crippen LogP contribution in [-0.2, 0) is 0 Å². The molecule has 0 spiro atoms. The van der Waals surface area contributed by atoms with Crippen LogP contribution < -0.4 is 9.47 Å². The van der Waals surface area contributed by atoms with E-state index >= 15 is 0 Å². The Balaban J connectivity index is 0.00000300. The molecule has 0 saturated heterocycles. The van der Waals surface area contributed by atoms with Crippen molar-refractivity contribution in [1.29, 1.82) is 0 Å². The third-order valence-electron chi connectivity index (χ3n) is 3.72. The Bertz CT molecular complexity index is 1040. The molecule has 0 saturated carbocycles. The van der Waals surface area contributed by atoms with Gasteiger partial charge in [-0.2, -0.15) is 14.9 Å². The van der Waals surface area contributed by atoms with Gasteiger partial charge in [-0.05, 0) is 68.9 Å². The zero-order valence-corrected chi connectivity index (χ0v) is 16.7. The number of aromatic hydroxyl groups is 1. The van der Waals surface area contributed by atoms with Gasteiger partial charge in [0.25, 0.3) is 0 Å². The number of benzene rings is 2. The summed E-state index contributed by atoms with van der Waals surface area (Å²) in [7, 11) is 0. The first kappa shape index (κ1) is 22.2. The number of nitrogens with one attached hydrogen (secondary N) is 1. The summed E-state index contributed by atoms with van der Waals surface area (Å²) in [5, 5.41) is 21.3. The second-order valence-electron chi connectivity index (χ2n) is 6.26. The van der Waals surface area contributed by atoms with Gasteiger partial charge in [0, 0.05) is 5.56 Å². The summed E-state index contributed by atoms with van der Waals surface area (Å²) in [6, 6.07) is 12.6. The number of rotatable bonds is 7. The highest BCUT2D eigenvalue weighted by atomic mass is 32.1. The van der Waals surface area contributed by atoms with Crippen molar-refractivity contribution in [2.24, 2.45) is 5.10 Å². The number of H-pyrrole nitrogens is 1. The topological polar surface area (TPSA) is 84.7 Å². The molecule has 0 radical (unpaired) electrons. The molecule has 3 aromatic rings. The van der Waals surface area contributed by atoms with E-state index < -0.39 is 0 Å². The van der Waals surface area contributed by atoms with Crippen molar-refractivity contribution < 1.29 is 14.6 Å². The lowest BCUT2D eigenvalue weighted by molar-refractivity contribution is 0.242. The Morgan fingerprint density at radius 2 is 2.07 bits per heavy atom. The first-order chi connectivity index (χ1) is 13.5. The Labute approximate surface area is 175 Å². The van der Waals surface area contributed by atoms with Gasteiger partial charge in [0.15, 0.2) is 17.3 Å². The number of nitrogens with zero attached hydrogens (tertiary/aromatic N) is 3. The van der Waals surface area contributed by atoms with Crippen LogP contribution in [0.25, 0.3) is 11.4 Å². The molecule has 7 nitrogen and oxygen atoms in total. The standard InChI is InChI=1S/C20H22N4O3S.CH4/c1-4-26-18-10-14(8-9-17(18)25)12-21-24-19(22-23-20(24)28)15-6-5-7-16(11-15)27-13(2)3;/h5-13,25H,4H2,1-3H3,(H,23,28);1H4/b21-12+;. The minimum absolute atomic E-state index is 0. The van der Waals surface area contributed by atoms with Crippen LogP contribution in [0.4, 0.5) is 0 Å². The minimum atomic E-state index is 0. The number of hydrogen-bond donors (Lipinski definition) is 2. The molecule has 0 fully saturated rings. The molecule has 2 aromatic carbocycles. The van der Waals surface area contributed by atoms with Crippen molar-refractivity contribution >= 4 is 18.4 Å². The summed E-state index contributed by atoms with van der Waals surface area (Å²) in [5.41, 5.74) is 1.58. The summed E-state index contributed by atoms with van der Waals surface area (Å²) < 4.78 is 13.1. The molecular formula is C21H26N4O3S. The summed E-state index contributed by atoms with van der Waals surface area (Å²) in [6.45, 7) is 6.26. The SMILES string of the molecule is C.CCOc1cc(/C=N/n2c(-c3cccc(OC(C)C)c3)n[nH]c2=S)ccc1O. The maximum Gasteiger partial charge on any atom is 0.216 e. The molecule has 29 heavy (non-hydrogen) atoms. The second kappa shape index (κ2) is 9.88. The molecule has 1 heterocycles. The van der Waals surface area contributed by atoms with E-state index in [1.165, 1.54) is 4.68 Å². The lowest BCUT2D eigenvalue weighted by Gasteiger charge is -2.10. The molecule has 1 aromatic heterocycles. The average Bonchev–Trinajstić information content (AvgIpc) is 3.03. The molecule has 0 unspecified atom stereocenters. The molecule has 0 aliphatic heterocycles. The molecule has 3 rings (SSSR count). The molecule has 0 atom stereocenters. The molecule has 2 N–H and O–H groups in total. The number of phenolic OH excluding ortho intramolecular Hbond substituents is 1. The van der Waals surface area contributed by atoms with Crippen LogP contribution in [0.5, 0.6) is 17.2 Å². The van der Waals surface area contributed by atoms with Crippen molar-refractivity contribution in [3.05, 3.63) is 52.8 Å². The van der Waals surface area contributed by atoms with E-state index in [9.17, 15) is 5.11 Å². The number of ether oxygens (including phenoxy) is 2. The highest BCUT2D eigenvalue weighted by molar-refractivity contribution is 7.71. The fourth-order valence-electron chi connectivity index (χ4n) is 2.57. The Kier molecular flexibility index (Phi) is 7.55.